The van der Waals surface area contributed by atoms with Crippen molar-refractivity contribution in [2.45, 2.75) is 31.9 Å². The predicted octanol–water partition coefficient (Wildman–Crippen LogP) is 5.98. The number of ether oxygens (including phenoxy) is 3. The summed E-state index contributed by atoms with van der Waals surface area (Å²) in [5.74, 6) is -0.333. The Bertz CT molecular complexity index is 1250. The van der Waals surface area contributed by atoms with Crippen LogP contribution in [-0.2, 0) is 16.0 Å². The first-order chi connectivity index (χ1) is 18.6. The number of alkyl halides is 3. The van der Waals surface area contributed by atoms with Crippen LogP contribution in [0.5, 0.6) is 11.5 Å². The van der Waals surface area contributed by atoms with E-state index >= 15 is 0 Å². The van der Waals surface area contributed by atoms with Gasteiger partial charge in [-0.25, -0.2) is 9.59 Å². The van der Waals surface area contributed by atoms with Gasteiger partial charge in [-0.05, 0) is 84.6 Å². The molecular weight excluding hydrogens is 513 g/mol. The van der Waals surface area contributed by atoms with E-state index < -0.39 is 24.5 Å². The van der Waals surface area contributed by atoms with Crippen molar-refractivity contribution in [1.29, 1.82) is 0 Å². The Balaban J connectivity index is 1.40. The molecule has 0 radical (unpaired) electrons. The lowest BCUT2D eigenvalue weighted by atomic mass is 10.1. The van der Waals surface area contributed by atoms with Gasteiger partial charge >= 0.3 is 18.1 Å². The van der Waals surface area contributed by atoms with Crippen molar-refractivity contribution in [3.63, 3.8) is 0 Å². The van der Waals surface area contributed by atoms with Crippen LogP contribution >= 0.6 is 0 Å². The van der Waals surface area contributed by atoms with Crippen LogP contribution in [0.25, 0.3) is 6.08 Å². The van der Waals surface area contributed by atoms with Gasteiger partial charge < -0.3 is 25.7 Å². The van der Waals surface area contributed by atoms with Crippen LogP contribution < -0.4 is 20.9 Å². The summed E-state index contributed by atoms with van der Waals surface area (Å²) in [5, 5.41) is 0. The summed E-state index contributed by atoms with van der Waals surface area (Å²) in [5.41, 5.74) is 14.5. The summed E-state index contributed by atoms with van der Waals surface area (Å²) < 4.78 is 52.4. The molecule has 0 aromatic heterocycles. The van der Waals surface area contributed by atoms with Gasteiger partial charge in [-0.15, -0.1) is 0 Å². The van der Waals surface area contributed by atoms with Crippen LogP contribution in [0, 0.1) is 0 Å². The first-order valence-electron chi connectivity index (χ1n) is 12.2. The molecule has 0 saturated heterocycles. The summed E-state index contributed by atoms with van der Waals surface area (Å²) in [6.07, 6.45) is -1.38. The molecule has 3 aromatic carbocycles. The third kappa shape index (κ3) is 10.8. The SMILES string of the molecule is Nc1cc(N)cc(CCOC(=O)C=Cc2ccc(C(=O)Oc3ccc(OCCCCC(F)(F)F)cc3)cc2)c1. The number of carbonyl (C=O) groups excluding carboxylic acids is 2. The normalized spacial score (nSPS) is 11.4. The van der Waals surface area contributed by atoms with Crippen molar-refractivity contribution >= 4 is 29.4 Å². The zero-order valence-electron chi connectivity index (χ0n) is 21.1. The van der Waals surface area contributed by atoms with Crippen LogP contribution in [0.1, 0.15) is 40.7 Å². The van der Waals surface area contributed by atoms with Crippen molar-refractivity contribution < 1.29 is 37.0 Å². The third-order valence-corrected chi connectivity index (χ3v) is 5.39. The van der Waals surface area contributed by atoms with Gasteiger partial charge in [0.2, 0.25) is 0 Å². The number of carbonyl (C=O) groups is 2. The number of anilines is 2. The van der Waals surface area contributed by atoms with Crippen molar-refractivity contribution in [2.24, 2.45) is 0 Å². The molecule has 0 saturated carbocycles. The summed E-state index contributed by atoms with van der Waals surface area (Å²) in [6, 6.07) is 17.9. The van der Waals surface area contributed by atoms with E-state index in [4.69, 9.17) is 25.7 Å². The number of nitrogen functional groups attached to an aromatic ring is 2. The van der Waals surface area contributed by atoms with Crippen LogP contribution in [-0.4, -0.2) is 31.3 Å². The maximum atomic E-state index is 12.4. The van der Waals surface area contributed by atoms with E-state index in [9.17, 15) is 22.8 Å². The molecule has 0 heterocycles. The largest absolute Gasteiger partial charge is 0.494 e. The van der Waals surface area contributed by atoms with Gasteiger partial charge in [0, 0.05) is 30.3 Å². The molecule has 0 unspecified atom stereocenters. The second kappa shape index (κ2) is 13.9. The number of esters is 2. The van der Waals surface area contributed by atoms with Crippen molar-refractivity contribution in [3.05, 3.63) is 89.5 Å². The highest BCUT2D eigenvalue weighted by atomic mass is 19.4. The lowest BCUT2D eigenvalue weighted by Gasteiger charge is -2.09. The van der Waals surface area contributed by atoms with Crippen LogP contribution in [0.2, 0.25) is 0 Å². The van der Waals surface area contributed by atoms with Gasteiger partial charge in [-0.1, -0.05) is 12.1 Å². The summed E-state index contributed by atoms with van der Waals surface area (Å²) >= 11 is 0. The van der Waals surface area contributed by atoms with Crippen molar-refractivity contribution in [3.8, 4) is 11.5 Å². The Kier molecular flexibility index (Phi) is 10.4. The Morgan fingerprint density at radius 3 is 2.10 bits per heavy atom. The van der Waals surface area contributed by atoms with Crippen molar-refractivity contribution in [1.82, 2.24) is 0 Å². The number of rotatable bonds is 12. The maximum absolute atomic E-state index is 12.4. The average molecular weight is 543 g/mol. The second-order valence-corrected chi connectivity index (χ2v) is 8.66. The Morgan fingerprint density at radius 2 is 1.46 bits per heavy atom. The van der Waals surface area contributed by atoms with E-state index in [1.54, 1.807) is 60.7 Å². The number of nitrogens with two attached hydrogens (primary N) is 2. The monoisotopic (exact) mass is 542 g/mol. The topological polar surface area (TPSA) is 114 Å². The van der Waals surface area contributed by atoms with Crippen LogP contribution in [0.3, 0.4) is 0 Å². The molecule has 4 N–H and O–H groups in total. The molecule has 0 aliphatic carbocycles. The summed E-state index contributed by atoms with van der Waals surface area (Å²) in [7, 11) is 0. The fraction of sp³-hybridized carbons (Fsp3) is 0.241. The molecule has 0 aliphatic heterocycles. The molecule has 10 heteroatoms. The second-order valence-electron chi connectivity index (χ2n) is 8.66. The summed E-state index contributed by atoms with van der Waals surface area (Å²) in [6.45, 7) is 0.332. The minimum atomic E-state index is -4.16. The molecule has 0 amide bonds. The molecule has 3 aromatic rings. The van der Waals surface area contributed by atoms with Crippen LogP contribution in [0.15, 0.2) is 72.8 Å². The van der Waals surface area contributed by atoms with E-state index in [-0.39, 0.29) is 31.8 Å². The highest BCUT2D eigenvalue weighted by molar-refractivity contribution is 5.91. The van der Waals surface area contributed by atoms with Gasteiger partial charge in [-0.2, -0.15) is 13.2 Å². The summed E-state index contributed by atoms with van der Waals surface area (Å²) in [4.78, 5) is 24.4. The molecule has 0 bridgehead atoms. The van der Waals surface area contributed by atoms with E-state index in [0.29, 0.717) is 34.7 Å². The van der Waals surface area contributed by atoms with Gasteiger partial charge in [0.05, 0.1) is 18.8 Å². The van der Waals surface area contributed by atoms with Gasteiger partial charge in [-0.3, -0.25) is 0 Å². The van der Waals surface area contributed by atoms with Gasteiger partial charge in [0.15, 0.2) is 0 Å². The molecule has 0 fully saturated rings. The standard InChI is InChI=1S/C29H29F3N2O5/c30-29(31,32)14-1-2-15-37-25-8-10-26(11-9-25)39-28(36)22-6-3-20(4-7-22)5-12-27(35)38-16-13-21-17-23(33)19-24(34)18-21/h3-12,17-19H,1-2,13-16,33-34H2. The third-order valence-electron chi connectivity index (χ3n) is 5.39. The van der Waals surface area contributed by atoms with E-state index in [2.05, 4.69) is 0 Å². The van der Waals surface area contributed by atoms with E-state index in [1.165, 1.54) is 18.2 Å². The number of benzene rings is 3. The number of halogens is 3. The fourth-order valence-electron chi connectivity index (χ4n) is 3.49. The Labute approximate surface area is 224 Å². The minimum Gasteiger partial charge on any atom is -0.494 e. The lowest BCUT2D eigenvalue weighted by molar-refractivity contribution is -0.138. The molecule has 39 heavy (non-hydrogen) atoms. The first kappa shape index (κ1) is 29.1. The fourth-order valence-corrected chi connectivity index (χ4v) is 3.49. The Morgan fingerprint density at radius 1 is 0.821 bits per heavy atom. The molecule has 7 nitrogen and oxygen atoms in total. The molecular formula is C29H29F3N2O5. The Hall–Kier alpha value is -4.47. The molecule has 0 aliphatic rings. The number of hydrogen-bond acceptors (Lipinski definition) is 7. The van der Waals surface area contributed by atoms with Gasteiger partial charge in [0.25, 0.3) is 0 Å². The maximum Gasteiger partial charge on any atom is 0.389 e. The van der Waals surface area contributed by atoms with Gasteiger partial charge in [0.1, 0.15) is 11.5 Å². The lowest BCUT2D eigenvalue weighted by Crippen LogP contribution is -2.08. The van der Waals surface area contributed by atoms with Crippen molar-refractivity contribution in [2.75, 3.05) is 24.7 Å². The molecule has 3 rings (SSSR count). The minimum absolute atomic E-state index is 0.000854. The van der Waals surface area contributed by atoms with E-state index in [1.807, 2.05) is 0 Å². The quantitative estimate of drug-likeness (QED) is 0.0951. The zero-order chi connectivity index (χ0) is 28.3. The first-order valence-corrected chi connectivity index (χ1v) is 12.2. The molecule has 0 atom stereocenters. The number of hydrogen-bond donors (Lipinski definition) is 2. The van der Waals surface area contributed by atoms with E-state index in [0.717, 1.165) is 5.56 Å². The molecule has 0 spiro atoms. The highest BCUT2D eigenvalue weighted by Crippen LogP contribution is 2.23. The smallest absolute Gasteiger partial charge is 0.389 e. The number of unbranched alkanes of at least 4 members (excludes halogenated alkanes) is 1. The average Bonchev–Trinajstić information content (AvgIpc) is 2.87. The predicted molar refractivity (Wildman–Crippen MR) is 142 cm³/mol. The molecule has 206 valence electrons. The van der Waals surface area contributed by atoms with Crippen LogP contribution in [0.4, 0.5) is 24.5 Å². The zero-order valence-corrected chi connectivity index (χ0v) is 21.1. The highest BCUT2D eigenvalue weighted by Gasteiger charge is 2.25.